The highest BCUT2D eigenvalue weighted by molar-refractivity contribution is 7.98. The van der Waals surface area contributed by atoms with Crippen LogP contribution in [0.1, 0.15) is 5.56 Å². The van der Waals surface area contributed by atoms with E-state index >= 15 is 0 Å². The number of aromatic nitrogens is 3. The summed E-state index contributed by atoms with van der Waals surface area (Å²) in [7, 11) is 0. The van der Waals surface area contributed by atoms with Gasteiger partial charge in [0.1, 0.15) is 5.82 Å². The Hall–Kier alpha value is -1.92. The van der Waals surface area contributed by atoms with Gasteiger partial charge < -0.3 is 0 Å². The summed E-state index contributed by atoms with van der Waals surface area (Å²) in [6, 6.07) is 10.8. The summed E-state index contributed by atoms with van der Waals surface area (Å²) in [4.78, 5) is 1.06. The van der Waals surface area contributed by atoms with Gasteiger partial charge in [0.2, 0.25) is 0 Å². The van der Waals surface area contributed by atoms with Gasteiger partial charge in [0, 0.05) is 12.3 Å². The lowest BCUT2D eigenvalue weighted by molar-refractivity contribution is 0.617. The van der Waals surface area contributed by atoms with Gasteiger partial charge in [-0.25, -0.2) is 4.39 Å². The van der Waals surface area contributed by atoms with Crippen molar-refractivity contribution in [3.05, 3.63) is 65.8 Å². The van der Waals surface area contributed by atoms with Gasteiger partial charge in [0.15, 0.2) is 11.0 Å². The number of thiophene rings is 1. The highest BCUT2D eigenvalue weighted by atomic mass is 32.2. The number of rotatable bonds is 6. The van der Waals surface area contributed by atoms with Crippen LogP contribution in [0.2, 0.25) is 0 Å². The lowest BCUT2D eigenvalue weighted by Crippen LogP contribution is -2.00. The predicted octanol–water partition coefficient (Wildman–Crippen LogP) is 4.62. The summed E-state index contributed by atoms with van der Waals surface area (Å²) < 4.78 is 15.7. The highest BCUT2D eigenvalue weighted by Gasteiger charge is 2.14. The minimum atomic E-state index is -0.191. The van der Waals surface area contributed by atoms with Crippen molar-refractivity contribution in [2.45, 2.75) is 17.5 Å². The fourth-order valence-electron chi connectivity index (χ4n) is 2.03. The Labute approximate surface area is 136 Å². The zero-order chi connectivity index (χ0) is 15.4. The minimum absolute atomic E-state index is 0.191. The number of halogens is 1. The maximum Gasteiger partial charge on any atom is 0.192 e. The van der Waals surface area contributed by atoms with Crippen LogP contribution in [0.5, 0.6) is 0 Å². The van der Waals surface area contributed by atoms with Gasteiger partial charge in [0.25, 0.3) is 0 Å². The van der Waals surface area contributed by atoms with E-state index in [1.165, 1.54) is 17.8 Å². The smallest absolute Gasteiger partial charge is 0.192 e. The first-order valence-electron chi connectivity index (χ1n) is 6.74. The summed E-state index contributed by atoms with van der Waals surface area (Å²) in [6.07, 6.45) is 1.81. The Morgan fingerprint density at radius 2 is 2.09 bits per heavy atom. The Morgan fingerprint density at radius 1 is 1.23 bits per heavy atom. The first-order chi connectivity index (χ1) is 10.8. The monoisotopic (exact) mass is 331 g/mol. The van der Waals surface area contributed by atoms with Crippen LogP contribution in [-0.4, -0.2) is 14.8 Å². The van der Waals surface area contributed by atoms with Crippen LogP contribution in [0.25, 0.3) is 10.7 Å². The Balaban J connectivity index is 1.85. The topological polar surface area (TPSA) is 30.7 Å². The molecule has 0 N–H and O–H groups in total. The number of nitrogens with zero attached hydrogens (tertiary/aromatic N) is 3. The average molecular weight is 331 g/mol. The molecule has 0 aliphatic carbocycles. The summed E-state index contributed by atoms with van der Waals surface area (Å²) in [6.45, 7) is 4.41. The molecule has 22 heavy (non-hydrogen) atoms. The van der Waals surface area contributed by atoms with Crippen molar-refractivity contribution in [2.24, 2.45) is 0 Å². The highest BCUT2D eigenvalue weighted by Crippen LogP contribution is 2.29. The van der Waals surface area contributed by atoms with E-state index in [-0.39, 0.29) is 5.82 Å². The zero-order valence-corrected chi connectivity index (χ0v) is 13.4. The van der Waals surface area contributed by atoms with E-state index in [4.69, 9.17) is 0 Å². The predicted molar refractivity (Wildman–Crippen MR) is 89.5 cm³/mol. The van der Waals surface area contributed by atoms with Crippen LogP contribution >= 0.6 is 23.1 Å². The van der Waals surface area contributed by atoms with Crippen LogP contribution in [0.3, 0.4) is 0 Å². The number of benzene rings is 1. The van der Waals surface area contributed by atoms with Crippen molar-refractivity contribution in [1.82, 2.24) is 14.8 Å². The van der Waals surface area contributed by atoms with Gasteiger partial charge in [-0.05, 0) is 23.1 Å². The Morgan fingerprint density at radius 3 is 2.82 bits per heavy atom. The fraction of sp³-hybridized carbons (Fsp3) is 0.125. The second kappa shape index (κ2) is 6.89. The molecule has 6 heteroatoms. The standard InChI is InChI=1S/C16H14FN3S2/c1-2-9-20-15(14-8-5-10-21-14)18-19-16(20)22-11-12-6-3-4-7-13(12)17/h2-8,10H,1,9,11H2. The van der Waals surface area contributed by atoms with Crippen molar-refractivity contribution in [3.8, 4) is 10.7 Å². The van der Waals surface area contributed by atoms with Crippen LogP contribution in [0.15, 0.2) is 59.6 Å². The molecule has 0 unspecified atom stereocenters. The molecule has 0 fully saturated rings. The van der Waals surface area contributed by atoms with E-state index in [1.54, 1.807) is 23.5 Å². The lowest BCUT2D eigenvalue weighted by Gasteiger charge is -2.07. The maximum atomic E-state index is 13.7. The van der Waals surface area contributed by atoms with Crippen LogP contribution in [-0.2, 0) is 12.3 Å². The first kappa shape index (κ1) is 15.0. The van der Waals surface area contributed by atoms with E-state index in [1.807, 2.05) is 34.2 Å². The van der Waals surface area contributed by atoms with Crippen molar-refractivity contribution < 1.29 is 4.39 Å². The largest absolute Gasteiger partial charge is 0.297 e. The molecule has 0 aliphatic heterocycles. The Bertz CT molecular complexity index is 766. The zero-order valence-electron chi connectivity index (χ0n) is 11.8. The fourth-order valence-corrected chi connectivity index (χ4v) is 3.69. The van der Waals surface area contributed by atoms with Crippen LogP contribution in [0.4, 0.5) is 4.39 Å². The summed E-state index contributed by atoms with van der Waals surface area (Å²) in [5.41, 5.74) is 0.665. The molecule has 2 aromatic heterocycles. The van der Waals surface area contributed by atoms with Crippen LogP contribution < -0.4 is 0 Å². The van der Waals surface area contributed by atoms with Gasteiger partial charge in [-0.3, -0.25) is 4.57 Å². The molecule has 0 saturated carbocycles. The van der Waals surface area contributed by atoms with Crippen molar-refractivity contribution in [1.29, 1.82) is 0 Å². The molecule has 0 spiro atoms. The van der Waals surface area contributed by atoms with Crippen molar-refractivity contribution in [3.63, 3.8) is 0 Å². The molecule has 0 radical (unpaired) electrons. The molecule has 3 aromatic rings. The molecule has 0 bridgehead atoms. The van der Waals surface area contributed by atoms with E-state index < -0.39 is 0 Å². The molecule has 2 heterocycles. The number of thioether (sulfide) groups is 1. The van der Waals surface area contributed by atoms with E-state index in [0.717, 1.165) is 15.9 Å². The summed E-state index contributed by atoms with van der Waals surface area (Å²) in [5, 5.41) is 11.3. The maximum absolute atomic E-state index is 13.7. The van der Waals surface area contributed by atoms with Gasteiger partial charge in [-0.1, -0.05) is 42.1 Å². The van der Waals surface area contributed by atoms with Gasteiger partial charge in [0.05, 0.1) is 4.88 Å². The number of allylic oxidation sites excluding steroid dienone is 1. The Kier molecular flexibility index (Phi) is 4.70. The molecule has 0 saturated heterocycles. The van der Waals surface area contributed by atoms with E-state index in [2.05, 4.69) is 16.8 Å². The van der Waals surface area contributed by atoms with Crippen molar-refractivity contribution >= 4 is 23.1 Å². The quantitative estimate of drug-likeness (QED) is 0.487. The molecular formula is C16H14FN3S2. The van der Waals surface area contributed by atoms with Gasteiger partial charge in [-0.15, -0.1) is 28.1 Å². The van der Waals surface area contributed by atoms with E-state index in [9.17, 15) is 4.39 Å². The average Bonchev–Trinajstić information content (AvgIpc) is 3.16. The molecule has 3 nitrogen and oxygen atoms in total. The molecular weight excluding hydrogens is 317 g/mol. The minimum Gasteiger partial charge on any atom is -0.297 e. The molecule has 0 aliphatic rings. The second-order valence-electron chi connectivity index (χ2n) is 4.56. The second-order valence-corrected chi connectivity index (χ2v) is 6.45. The third-order valence-corrected chi connectivity index (χ3v) is 4.97. The first-order valence-corrected chi connectivity index (χ1v) is 8.60. The third-order valence-electron chi connectivity index (χ3n) is 3.08. The summed E-state index contributed by atoms with van der Waals surface area (Å²) in [5.74, 6) is 1.15. The van der Waals surface area contributed by atoms with Gasteiger partial charge >= 0.3 is 0 Å². The molecule has 0 amide bonds. The normalized spacial score (nSPS) is 10.8. The SMILES string of the molecule is C=CCn1c(SCc2ccccc2F)nnc1-c1cccs1. The lowest BCUT2D eigenvalue weighted by atomic mass is 10.2. The van der Waals surface area contributed by atoms with Crippen molar-refractivity contribution in [2.75, 3.05) is 0 Å². The molecule has 0 atom stereocenters. The van der Waals surface area contributed by atoms with Crippen LogP contribution in [0, 0.1) is 5.82 Å². The number of hydrogen-bond donors (Lipinski definition) is 0. The molecule has 3 rings (SSSR count). The van der Waals surface area contributed by atoms with E-state index in [0.29, 0.717) is 17.9 Å². The third kappa shape index (κ3) is 3.13. The molecule has 112 valence electrons. The summed E-state index contributed by atoms with van der Waals surface area (Å²) >= 11 is 3.10. The number of hydrogen-bond acceptors (Lipinski definition) is 4. The van der Waals surface area contributed by atoms with Gasteiger partial charge in [-0.2, -0.15) is 0 Å². The molecule has 1 aromatic carbocycles.